The summed E-state index contributed by atoms with van der Waals surface area (Å²) < 4.78 is 0. The van der Waals surface area contributed by atoms with Crippen LogP contribution in [0, 0.1) is 6.92 Å². The highest BCUT2D eigenvalue weighted by Crippen LogP contribution is 2.07. The molecular formula is C7H10N2O2. The summed E-state index contributed by atoms with van der Waals surface area (Å²) in [6.07, 6.45) is 0.494. The fourth-order valence-corrected chi connectivity index (χ4v) is 0.914. The smallest absolute Gasteiger partial charge is 0.257 e. The van der Waals surface area contributed by atoms with Crippen LogP contribution in [0.15, 0.2) is 4.79 Å². The summed E-state index contributed by atoms with van der Waals surface area (Å²) >= 11 is 0. The molecule has 0 amide bonds. The molecule has 11 heavy (non-hydrogen) atoms. The Morgan fingerprint density at radius 3 is 2.73 bits per heavy atom. The molecule has 0 bridgehead atoms. The maximum absolute atomic E-state index is 11.0. The minimum Gasteiger partial charge on any atom is -0.493 e. The van der Waals surface area contributed by atoms with E-state index in [1.165, 1.54) is 0 Å². The lowest BCUT2D eigenvalue weighted by Gasteiger charge is -1.98. The number of nitrogens with zero attached hydrogens (tertiary/aromatic N) is 1. The van der Waals surface area contributed by atoms with Gasteiger partial charge in [-0.1, -0.05) is 6.92 Å². The van der Waals surface area contributed by atoms with Crippen molar-refractivity contribution >= 4 is 0 Å². The summed E-state index contributed by atoms with van der Waals surface area (Å²) in [6, 6.07) is 0. The lowest BCUT2D eigenvalue weighted by Crippen LogP contribution is -2.14. The predicted octanol–water partition coefficient (Wildman–Crippen LogP) is 0.346. The Balaban J connectivity index is 3.37. The Hall–Kier alpha value is -1.32. The van der Waals surface area contributed by atoms with Crippen LogP contribution in [-0.2, 0) is 6.42 Å². The minimum absolute atomic E-state index is 0.159. The largest absolute Gasteiger partial charge is 0.493 e. The Morgan fingerprint density at radius 1 is 1.64 bits per heavy atom. The molecule has 0 saturated carbocycles. The van der Waals surface area contributed by atoms with Gasteiger partial charge in [-0.05, 0) is 13.3 Å². The molecule has 0 radical (unpaired) electrons. The number of hydrogen-bond donors (Lipinski definition) is 2. The van der Waals surface area contributed by atoms with Crippen molar-refractivity contribution < 1.29 is 5.11 Å². The van der Waals surface area contributed by atoms with Gasteiger partial charge >= 0.3 is 0 Å². The van der Waals surface area contributed by atoms with Crippen LogP contribution in [0.5, 0.6) is 5.88 Å². The Bertz CT molecular complexity index is 317. The van der Waals surface area contributed by atoms with Crippen molar-refractivity contribution in [3.05, 3.63) is 21.7 Å². The first kappa shape index (κ1) is 7.78. The summed E-state index contributed by atoms with van der Waals surface area (Å²) in [4.78, 5) is 17.2. The van der Waals surface area contributed by atoms with Gasteiger partial charge in [-0.2, -0.15) is 0 Å². The van der Waals surface area contributed by atoms with Gasteiger partial charge in [0.15, 0.2) is 0 Å². The van der Waals surface area contributed by atoms with Gasteiger partial charge in [-0.3, -0.25) is 4.79 Å². The first-order valence-corrected chi connectivity index (χ1v) is 3.44. The van der Waals surface area contributed by atoms with Crippen LogP contribution in [0.4, 0.5) is 0 Å². The maximum Gasteiger partial charge on any atom is 0.257 e. The second-order valence-corrected chi connectivity index (χ2v) is 2.31. The van der Waals surface area contributed by atoms with Crippen molar-refractivity contribution in [2.24, 2.45) is 0 Å². The predicted molar refractivity (Wildman–Crippen MR) is 40.6 cm³/mol. The van der Waals surface area contributed by atoms with E-state index in [9.17, 15) is 4.79 Å². The van der Waals surface area contributed by atoms with Crippen LogP contribution in [0.3, 0.4) is 0 Å². The van der Waals surface area contributed by atoms with Crippen molar-refractivity contribution in [2.75, 3.05) is 0 Å². The second-order valence-electron chi connectivity index (χ2n) is 2.31. The molecule has 0 atom stereocenters. The summed E-state index contributed by atoms with van der Waals surface area (Å²) in [5.41, 5.74) is 0.0908. The van der Waals surface area contributed by atoms with Crippen molar-refractivity contribution in [2.45, 2.75) is 20.3 Å². The third-order valence-corrected chi connectivity index (χ3v) is 1.47. The number of rotatable bonds is 1. The number of aromatic nitrogens is 2. The van der Waals surface area contributed by atoms with E-state index < -0.39 is 0 Å². The fraction of sp³-hybridized carbons (Fsp3) is 0.429. The number of aromatic amines is 1. The van der Waals surface area contributed by atoms with Crippen molar-refractivity contribution in [3.63, 3.8) is 0 Å². The van der Waals surface area contributed by atoms with Crippen LogP contribution in [0.2, 0.25) is 0 Å². The molecule has 2 N–H and O–H groups in total. The highest BCUT2D eigenvalue weighted by molar-refractivity contribution is 5.21. The molecule has 0 spiro atoms. The SMILES string of the molecule is CCc1c(O)nc(C)[nH]c1=O. The van der Waals surface area contributed by atoms with Crippen molar-refractivity contribution in [3.8, 4) is 5.88 Å². The van der Waals surface area contributed by atoms with Gasteiger partial charge < -0.3 is 10.1 Å². The lowest BCUT2D eigenvalue weighted by molar-refractivity contribution is 0.441. The van der Waals surface area contributed by atoms with E-state index in [0.717, 1.165) is 0 Å². The van der Waals surface area contributed by atoms with Crippen molar-refractivity contribution in [1.29, 1.82) is 0 Å². The molecule has 60 valence electrons. The van der Waals surface area contributed by atoms with Crippen LogP contribution in [-0.4, -0.2) is 15.1 Å². The molecule has 0 aliphatic rings. The summed E-state index contributed by atoms with van der Waals surface area (Å²) in [6.45, 7) is 3.42. The van der Waals surface area contributed by atoms with E-state index in [4.69, 9.17) is 5.11 Å². The molecule has 1 rings (SSSR count). The quantitative estimate of drug-likeness (QED) is 0.613. The third kappa shape index (κ3) is 1.39. The topological polar surface area (TPSA) is 66.0 Å². The molecular weight excluding hydrogens is 144 g/mol. The highest BCUT2D eigenvalue weighted by Gasteiger charge is 2.05. The number of nitrogens with one attached hydrogen (secondary N) is 1. The average molecular weight is 154 g/mol. The van der Waals surface area contributed by atoms with Crippen molar-refractivity contribution in [1.82, 2.24) is 9.97 Å². The standard InChI is InChI=1S/C7H10N2O2/c1-3-5-6(10)8-4(2)9-7(5)11/h3H2,1-2H3,(H2,8,9,10,11). The van der Waals surface area contributed by atoms with Crippen LogP contribution >= 0.6 is 0 Å². The summed E-state index contributed by atoms with van der Waals surface area (Å²) in [5, 5.41) is 9.14. The van der Waals surface area contributed by atoms with E-state index in [-0.39, 0.29) is 11.4 Å². The summed E-state index contributed by atoms with van der Waals surface area (Å²) in [7, 11) is 0. The molecule has 1 heterocycles. The van der Waals surface area contributed by atoms with Gasteiger partial charge in [-0.15, -0.1) is 0 Å². The van der Waals surface area contributed by atoms with E-state index in [1.54, 1.807) is 13.8 Å². The zero-order valence-corrected chi connectivity index (χ0v) is 6.51. The Morgan fingerprint density at radius 2 is 2.27 bits per heavy atom. The van der Waals surface area contributed by atoms with E-state index in [0.29, 0.717) is 17.8 Å². The summed E-state index contributed by atoms with van der Waals surface area (Å²) in [5.74, 6) is 0.276. The molecule has 0 unspecified atom stereocenters. The van der Waals surface area contributed by atoms with Gasteiger partial charge in [0.2, 0.25) is 5.88 Å². The number of aryl methyl sites for hydroxylation is 1. The molecule has 0 aliphatic heterocycles. The Kier molecular flexibility index (Phi) is 1.94. The van der Waals surface area contributed by atoms with Crippen LogP contribution in [0.25, 0.3) is 0 Å². The maximum atomic E-state index is 11.0. The second kappa shape index (κ2) is 2.74. The molecule has 4 nitrogen and oxygen atoms in total. The molecule has 0 saturated heterocycles. The van der Waals surface area contributed by atoms with Gasteiger partial charge in [-0.25, -0.2) is 4.98 Å². The molecule has 0 fully saturated rings. The Labute approximate surface area is 63.9 Å². The number of hydrogen-bond acceptors (Lipinski definition) is 3. The molecule has 1 aromatic rings. The minimum atomic E-state index is -0.252. The zero-order chi connectivity index (χ0) is 8.43. The van der Waals surface area contributed by atoms with E-state index >= 15 is 0 Å². The van der Waals surface area contributed by atoms with Gasteiger partial charge in [0.25, 0.3) is 5.56 Å². The zero-order valence-electron chi connectivity index (χ0n) is 6.51. The molecule has 0 aliphatic carbocycles. The normalized spacial score (nSPS) is 10.0. The number of aromatic hydroxyl groups is 1. The third-order valence-electron chi connectivity index (χ3n) is 1.47. The highest BCUT2D eigenvalue weighted by atomic mass is 16.3. The van der Waals surface area contributed by atoms with Gasteiger partial charge in [0.05, 0.1) is 5.56 Å². The molecule has 0 aromatic carbocycles. The molecule has 1 aromatic heterocycles. The van der Waals surface area contributed by atoms with Crippen LogP contribution < -0.4 is 5.56 Å². The van der Waals surface area contributed by atoms with Crippen LogP contribution in [0.1, 0.15) is 18.3 Å². The number of H-pyrrole nitrogens is 1. The lowest BCUT2D eigenvalue weighted by atomic mass is 10.2. The molecule has 4 heteroatoms. The van der Waals surface area contributed by atoms with Gasteiger partial charge in [0.1, 0.15) is 5.82 Å². The van der Waals surface area contributed by atoms with Gasteiger partial charge in [0, 0.05) is 0 Å². The average Bonchev–Trinajstić information content (AvgIpc) is 1.85. The van der Waals surface area contributed by atoms with E-state index in [1.807, 2.05) is 0 Å². The first-order chi connectivity index (χ1) is 5.15. The first-order valence-electron chi connectivity index (χ1n) is 3.44. The fourth-order valence-electron chi connectivity index (χ4n) is 0.914. The monoisotopic (exact) mass is 154 g/mol. The van der Waals surface area contributed by atoms with E-state index in [2.05, 4.69) is 9.97 Å².